The molecule has 2 aromatic carbocycles. The molecule has 25 heavy (non-hydrogen) atoms. The lowest BCUT2D eigenvalue weighted by Crippen LogP contribution is -2.40. The zero-order valence-corrected chi connectivity index (χ0v) is 15.8. The van der Waals surface area contributed by atoms with Crippen molar-refractivity contribution in [3.05, 3.63) is 60.2 Å². The summed E-state index contributed by atoms with van der Waals surface area (Å²) < 4.78 is 0. The van der Waals surface area contributed by atoms with E-state index in [9.17, 15) is 9.90 Å². The molecular weight excluding hydrogens is 380 g/mol. The average molecular weight is 403 g/mol. The molecule has 1 atom stereocenters. The largest absolute Gasteiger partial charge is 0.465 e. The predicted molar refractivity (Wildman–Crippen MR) is 104 cm³/mol. The van der Waals surface area contributed by atoms with Crippen molar-refractivity contribution in [2.24, 2.45) is 0 Å². The molecule has 2 bridgehead atoms. The topological polar surface area (TPSA) is 43.8 Å². The molecule has 132 valence electrons. The second kappa shape index (κ2) is 7.58. The monoisotopic (exact) mass is 402 g/mol. The second-order valence-electron chi connectivity index (χ2n) is 6.71. The molecule has 1 N–H and O–H groups in total. The molecule has 1 unspecified atom stereocenters. The van der Waals surface area contributed by atoms with Crippen LogP contribution in [0.5, 0.6) is 0 Å². The maximum Gasteiger partial charge on any atom is 0.407 e. The van der Waals surface area contributed by atoms with Gasteiger partial charge in [0, 0.05) is 25.7 Å². The zero-order valence-electron chi connectivity index (χ0n) is 14.0. The predicted octanol–water partition coefficient (Wildman–Crippen LogP) is 4.43. The lowest BCUT2D eigenvalue weighted by molar-refractivity contribution is 0.123. The van der Waals surface area contributed by atoms with Gasteiger partial charge >= 0.3 is 6.09 Å². The van der Waals surface area contributed by atoms with Crippen LogP contribution >= 0.6 is 17.0 Å². The molecule has 3 fully saturated rings. The van der Waals surface area contributed by atoms with Crippen LogP contribution in [-0.4, -0.2) is 46.7 Å². The Morgan fingerprint density at radius 2 is 1.52 bits per heavy atom. The van der Waals surface area contributed by atoms with Crippen molar-refractivity contribution in [3.63, 3.8) is 0 Å². The fourth-order valence-corrected chi connectivity index (χ4v) is 4.04. The first kappa shape index (κ1) is 18.0. The van der Waals surface area contributed by atoms with Gasteiger partial charge in [0.2, 0.25) is 0 Å². The van der Waals surface area contributed by atoms with E-state index in [1.165, 1.54) is 16.7 Å². The van der Waals surface area contributed by atoms with Gasteiger partial charge in [-0.25, -0.2) is 4.79 Å². The summed E-state index contributed by atoms with van der Waals surface area (Å²) in [5.41, 5.74) is 3.61. The van der Waals surface area contributed by atoms with E-state index in [0.717, 1.165) is 25.9 Å². The number of nitrogens with zero attached hydrogens (tertiary/aromatic N) is 2. The maximum atomic E-state index is 11.6. The minimum atomic E-state index is -0.783. The van der Waals surface area contributed by atoms with Crippen LogP contribution in [-0.2, 0) is 0 Å². The second-order valence-corrected chi connectivity index (χ2v) is 6.71. The zero-order chi connectivity index (χ0) is 16.5. The molecule has 1 amide bonds. The van der Waals surface area contributed by atoms with Crippen LogP contribution in [0.4, 0.5) is 4.79 Å². The highest BCUT2D eigenvalue weighted by Crippen LogP contribution is 2.33. The highest BCUT2D eigenvalue weighted by atomic mass is 79.9. The Kier molecular flexibility index (Phi) is 5.45. The number of piperidine rings is 1. The number of carboxylic acid groups (broad SMARTS) is 1. The van der Waals surface area contributed by atoms with Crippen molar-refractivity contribution >= 4 is 23.1 Å². The van der Waals surface area contributed by atoms with Crippen molar-refractivity contribution in [3.8, 4) is 11.1 Å². The number of amides is 1. The fraction of sp³-hybridized carbons (Fsp3) is 0.350. The number of fused-ring (bicyclic) bond motifs is 4. The fourth-order valence-electron chi connectivity index (χ4n) is 4.04. The molecule has 0 aromatic heterocycles. The van der Waals surface area contributed by atoms with Crippen LogP contribution < -0.4 is 0 Å². The van der Waals surface area contributed by atoms with Crippen molar-refractivity contribution < 1.29 is 9.90 Å². The molecular formula is C20H23BrN2O2. The minimum absolute atomic E-state index is 0. The van der Waals surface area contributed by atoms with Crippen molar-refractivity contribution in [2.75, 3.05) is 19.6 Å². The first-order valence-corrected chi connectivity index (χ1v) is 8.61. The molecule has 0 aliphatic carbocycles. The number of rotatable bonds is 2. The summed E-state index contributed by atoms with van der Waals surface area (Å²) in [6.45, 7) is 2.55. The summed E-state index contributed by atoms with van der Waals surface area (Å²) in [5, 5.41) is 9.55. The van der Waals surface area contributed by atoms with Gasteiger partial charge in [0.05, 0.1) is 6.04 Å². The van der Waals surface area contributed by atoms with Crippen LogP contribution in [0.3, 0.4) is 0 Å². The van der Waals surface area contributed by atoms with E-state index in [-0.39, 0.29) is 29.1 Å². The number of benzene rings is 2. The van der Waals surface area contributed by atoms with Crippen LogP contribution in [0.15, 0.2) is 54.6 Å². The highest BCUT2D eigenvalue weighted by molar-refractivity contribution is 8.93. The standard InChI is InChI=1S/C20H22N2O2.BrH/c23-20(24)22-14-19(21-12-10-18(22)11-13-21)17-8-6-16(7-9-17)15-4-2-1-3-5-15;/h1-9,18-19H,10-14H2,(H,23,24);1H. The molecule has 0 radical (unpaired) electrons. The van der Waals surface area contributed by atoms with Crippen LogP contribution in [0.1, 0.15) is 24.4 Å². The van der Waals surface area contributed by atoms with E-state index in [4.69, 9.17) is 0 Å². The Hall–Kier alpha value is -1.85. The smallest absolute Gasteiger partial charge is 0.407 e. The summed E-state index contributed by atoms with van der Waals surface area (Å²) in [5.74, 6) is 0. The van der Waals surface area contributed by atoms with E-state index in [0.29, 0.717) is 6.54 Å². The van der Waals surface area contributed by atoms with Crippen molar-refractivity contribution in [1.82, 2.24) is 9.80 Å². The van der Waals surface area contributed by atoms with Gasteiger partial charge in [-0.15, -0.1) is 17.0 Å². The Morgan fingerprint density at radius 3 is 2.12 bits per heavy atom. The molecule has 5 rings (SSSR count). The highest BCUT2D eigenvalue weighted by Gasteiger charge is 2.37. The summed E-state index contributed by atoms with van der Waals surface area (Å²) >= 11 is 0. The molecule has 3 aliphatic rings. The van der Waals surface area contributed by atoms with Gasteiger partial charge in [-0.3, -0.25) is 4.90 Å². The molecule has 4 nitrogen and oxygen atoms in total. The summed E-state index contributed by atoms with van der Waals surface area (Å²) in [4.78, 5) is 15.7. The molecule has 0 spiro atoms. The van der Waals surface area contributed by atoms with E-state index in [1.807, 2.05) is 18.2 Å². The first-order chi connectivity index (χ1) is 11.7. The Morgan fingerprint density at radius 1 is 0.920 bits per heavy atom. The molecule has 3 aliphatic heterocycles. The number of halogens is 1. The van der Waals surface area contributed by atoms with Crippen LogP contribution in [0.2, 0.25) is 0 Å². The molecule has 5 heteroatoms. The normalized spacial score (nSPS) is 25.1. The van der Waals surface area contributed by atoms with Gasteiger partial charge in [0.15, 0.2) is 0 Å². The van der Waals surface area contributed by atoms with Gasteiger partial charge in [-0.05, 0) is 29.5 Å². The third-order valence-corrected chi connectivity index (χ3v) is 5.40. The number of hydrogen-bond acceptors (Lipinski definition) is 2. The van der Waals surface area contributed by atoms with Crippen molar-refractivity contribution in [2.45, 2.75) is 24.9 Å². The first-order valence-electron chi connectivity index (χ1n) is 8.61. The lowest BCUT2D eigenvalue weighted by atomic mass is 9.99. The minimum Gasteiger partial charge on any atom is -0.465 e. The molecule has 0 saturated carbocycles. The average Bonchev–Trinajstić information content (AvgIpc) is 2.93. The Labute approximate surface area is 158 Å². The van der Waals surface area contributed by atoms with E-state index >= 15 is 0 Å². The Bertz CT molecular complexity index is 712. The summed E-state index contributed by atoms with van der Waals surface area (Å²) in [7, 11) is 0. The SMILES string of the molecule is Br.O=C(O)N1CC(c2ccc(-c3ccccc3)cc2)N2CCC1CC2. The molecule has 3 heterocycles. The van der Waals surface area contributed by atoms with E-state index in [1.54, 1.807) is 4.90 Å². The molecule has 2 aromatic rings. The van der Waals surface area contributed by atoms with Crippen LogP contribution in [0, 0.1) is 0 Å². The van der Waals surface area contributed by atoms with Crippen LogP contribution in [0.25, 0.3) is 11.1 Å². The Balaban J connectivity index is 0.00000182. The maximum absolute atomic E-state index is 11.6. The van der Waals surface area contributed by atoms with E-state index < -0.39 is 6.09 Å². The van der Waals surface area contributed by atoms with Gasteiger partial charge in [-0.2, -0.15) is 0 Å². The van der Waals surface area contributed by atoms with Gasteiger partial charge in [0.25, 0.3) is 0 Å². The summed E-state index contributed by atoms with van der Waals surface area (Å²) in [6, 6.07) is 19.3. The number of hydrogen-bond donors (Lipinski definition) is 1. The number of carbonyl (C=O) groups is 1. The van der Waals surface area contributed by atoms with Gasteiger partial charge in [-0.1, -0.05) is 54.6 Å². The van der Waals surface area contributed by atoms with Gasteiger partial charge in [0.1, 0.15) is 0 Å². The quantitative estimate of drug-likeness (QED) is 0.807. The third kappa shape index (κ3) is 3.58. The molecule has 3 saturated heterocycles. The summed E-state index contributed by atoms with van der Waals surface area (Å²) in [6.07, 6.45) is 1.12. The van der Waals surface area contributed by atoms with Crippen molar-refractivity contribution in [1.29, 1.82) is 0 Å². The van der Waals surface area contributed by atoms with Gasteiger partial charge < -0.3 is 10.0 Å². The lowest BCUT2D eigenvalue weighted by Gasteiger charge is -2.31. The third-order valence-electron chi connectivity index (χ3n) is 5.40. The van der Waals surface area contributed by atoms with E-state index in [2.05, 4.69) is 41.3 Å².